The monoisotopic (exact) mass is 349 g/mol. The highest BCUT2D eigenvalue weighted by molar-refractivity contribution is 8.00. The molecule has 0 radical (unpaired) electrons. The molecular formula is C16H16ClN3O2S. The second kappa shape index (κ2) is 7.19. The summed E-state index contributed by atoms with van der Waals surface area (Å²) < 4.78 is 0. The van der Waals surface area contributed by atoms with Crippen LogP contribution in [0.1, 0.15) is 33.7 Å². The van der Waals surface area contributed by atoms with Gasteiger partial charge in [0.25, 0.3) is 5.91 Å². The molecule has 120 valence electrons. The maximum absolute atomic E-state index is 12.3. The zero-order chi connectivity index (χ0) is 16.2. The van der Waals surface area contributed by atoms with Crippen molar-refractivity contribution in [3.05, 3.63) is 46.9 Å². The molecule has 1 saturated heterocycles. The van der Waals surface area contributed by atoms with Crippen molar-refractivity contribution in [3.8, 4) is 0 Å². The van der Waals surface area contributed by atoms with Crippen molar-refractivity contribution in [2.75, 3.05) is 18.8 Å². The fourth-order valence-electron chi connectivity index (χ4n) is 2.46. The molecule has 0 atom stereocenters. The van der Waals surface area contributed by atoms with E-state index in [-0.39, 0.29) is 17.4 Å². The van der Waals surface area contributed by atoms with E-state index in [2.05, 4.69) is 9.97 Å². The van der Waals surface area contributed by atoms with E-state index in [9.17, 15) is 9.59 Å². The summed E-state index contributed by atoms with van der Waals surface area (Å²) >= 11 is 7.31. The summed E-state index contributed by atoms with van der Waals surface area (Å²) in [6, 6.07) is 5.12. The predicted molar refractivity (Wildman–Crippen MR) is 90.2 cm³/mol. The van der Waals surface area contributed by atoms with E-state index in [1.807, 2.05) is 4.90 Å². The fourth-order valence-corrected chi connectivity index (χ4v) is 3.53. The second-order valence-electron chi connectivity index (χ2n) is 5.30. The molecule has 3 rings (SSSR count). The number of likely N-dealkylation sites (tertiary alicyclic amines) is 1. The Morgan fingerprint density at radius 3 is 2.87 bits per heavy atom. The number of ketones is 1. The van der Waals surface area contributed by atoms with Gasteiger partial charge in [0, 0.05) is 31.0 Å². The molecule has 1 N–H and O–H groups in total. The van der Waals surface area contributed by atoms with Crippen LogP contribution in [0, 0.1) is 0 Å². The molecule has 23 heavy (non-hydrogen) atoms. The van der Waals surface area contributed by atoms with Crippen molar-refractivity contribution in [3.63, 3.8) is 0 Å². The number of carbonyl (C=O) groups excluding carboxylic acids is 2. The number of carbonyl (C=O) groups is 2. The van der Waals surface area contributed by atoms with Crippen molar-refractivity contribution < 1.29 is 9.59 Å². The van der Waals surface area contributed by atoms with Gasteiger partial charge >= 0.3 is 0 Å². The zero-order valence-corrected chi connectivity index (χ0v) is 14.0. The highest BCUT2D eigenvalue weighted by atomic mass is 35.5. The smallest absolute Gasteiger partial charge is 0.270 e. The third-order valence-corrected chi connectivity index (χ3v) is 5.12. The maximum atomic E-state index is 12.3. The largest absolute Gasteiger partial charge is 0.356 e. The highest BCUT2D eigenvalue weighted by Gasteiger charge is 2.21. The number of halogens is 1. The van der Waals surface area contributed by atoms with E-state index in [0.29, 0.717) is 21.3 Å². The zero-order valence-electron chi connectivity index (χ0n) is 12.4. The molecule has 0 spiro atoms. The van der Waals surface area contributed by atoms with Crippen LogP contribution >= 0.6 is 23.4 Å². The van der Waals surface area contributed by atoms with Crippen LogP contribution in [0.2, 0.25) is 5.02 Å². The first-order valence-corrected chi connectivity index (χ1v) is 8.76. The lowest BCUT2D eigenvalue weighted by Crippen LogP contribution is -2.27. The van der Waals surface area contributed by atoms with Gasteiger partial charge in [0.15, 0.2) is 5.78 Å². The molecule has 2 aromatic heterocycles. The Labute approximate surface area is 143 Å². The first-order chi connectivity index (χ1) is 11.1. The van der Waals surface area contributed by atoms with Crippen molar-refractivity contribution in [2.45, 2.75) is 17.9 Å². The highest BCUT2D eigenvalue weighted by Crippen LogP contribution is 2.25. The number of pyridine rings is 1. The number of nitrogens with zero attached hydrogens (tertiary/aromatic N) is 2. The third kappa shape index (κ3) is 3.76. The van der Waals surface area contributed by atoms with Gasteiger partial charge in [0.2, 0.25) is 0 Å². The molecular weight excluding hydrogens is 334 g/mol. The fraction of sp³-hybridized carbons (Fsp3) is 0.312. The Kier molecular flexibility index (Phi) is 5.03. The van der Waals surface area contributed by atoms with Crippen LogP contribution in [0.5, 0.6) is 0 Å². The predicted octanol–water partition coefficient (Wildman–Crippen LogP) is 3.27. The minimum atomic E-state index is -0.0616. The molecule has 3 heterocycles. The Morgan fingerprint density at radius 2 is 2.13 bits per heavy atom. The van der Waals surface area contributed by atoms with Crippen LogP contribution in [0.25, 0.3) is 0 Å². The van der Waals surface area contributed by atoms with Gasteiger partial charge in [-0.05, 0) is 31.0 Å². The summed E-state index contributed by atoms with van der Waals surface area (Å²) in [6.45, 7) is 1.57. The van der Waals surface area contributed by atoms with Crippen LogP contribution in [-0.4, -0.2) is 45.4 Å². The lowest BCUT2D eigenvalue weighted by Gasteiger charge is -2.13. The van der Waals surface area contributed by atoms with E-state index in [4.69, 9.17) is 11.6 Å². The van der Waals surface area contributed by atoms with Crippen LogP contribution in [0.15, 0.2) is 35.6 Å². The molecule has 1 amide bonds. The number of rotatable bonds is 5. The quantitative estimate of drug-likeness (QED) is 0.664. The van der Waals surface area contributed by atoms with E-state index < -0.39 is 0 Å². The number of aromatic nitrogens is 2. The van der Waals surface area contributed by atoms with Crippen LogP contribution in [0.4, 0.5) is 0 Å². The van der Waals surface area contributed by atoms with E-state index in [1.165, 1.54) is 11.8 Å². The third-order valence-electron chi connectivity index (χ3n) is 3.69. The number of nitrogens with one attached hydrogen (secondary N) is 1. The molecule has 1 aliphatic rings. The Bertz CT molecular complexity index is 726. The lowest BCUT2D eigenvalue weighted by atomic mass is 10.2. The summed E-state index contributed by atoms with van der Waals surface area (Å²) in [6.07, 6.45) is 5.31. The van der Waals surface area contributed by atoms with Crippen molar-refractivity contribution in [1.29, 1.82) is 0 Å². The Balaban J connectivity index is 1.62. The van der Waals surface area contributed by atoms with Crippen molar-refractivity contribution >= 4 is 35.1 Å². The molecule has 2 aromatic rings. The first-order valence-electron chi connectivity index (χ1n) is 7.39. The molecule has 0 unspecified atom stereocenters. The molecule has 1 aliphatic heterocycles. The second-order valence-corrected chi connectivity index (χ2v) is 6.67. The van der Waals surface area contributed by atoms with E-state index in [1.54, 1.807) is 30.6 Å². The molecule has 5 nitrogen and oxygen atoms in total. The van der Waals surface area contributed by atoms with Gasteiger partial charge in [0.05, 0.1) is 10.8 Å². The molecule has 0 aliphatic carbocycles. The van der Waals surface area contributed by atoms with Crippen molar-refractivity contribution in [2.24, 2.45) is 0 Å². The lowest BCUT2D eigenvalue weighted by molar-refractivity contribution is 0.0787. The van der Waals surface area contributed by atoms with Gasteiger partial charge in [-0.3, -0.25) is 9.59 Å². The molecule has 1 fully saturated rings. The van der Waals surface area contributed by atoms with Gasteiger partial charge < -0.3 is 9.88 Å². The minimum absolute atomic E-state index is 0.0398. The molecule has 0 bridgehead atoms. The number of amides is 1. The minimum Gasteiger partial charge on any atom is -0.356 e. The van der Waals surface area contributed by atoms with Gasteiger partial charge in [-0.25, -0.2) is 4.98 Å². The average Bonchev–Trinajstić information content (AvgIpc) is 3.24. The molecule has 0 aromatic carbocycles. The average molecular weight is 350 g/mol. The van der Waals surface area contributed by atoms with Gasteiger partial charge in [-0.15, -0.1) is 0 Å². The Morgan fingerprint density at radius 1 is 1.35 bits per heavy atom. The number of aromatic amines is 1. The summed E-state index contributed by atoms with van der Waals surface area (Å²) in [5, 5.41) is 1.16. The van der Waals surface area contributed by atoms with E-state index >= 15 is 0 Å². The molecule has 7 heteroatoms. The van der Waals surface area contributed by atoms with Crippen LogP contribution in [0.3, 0.4) is 0 Å². The summed E-state index contributed by atoms with van der Waals surface area (Å²) in [7, 11) is 0. The number of hydrogen-bond donors (Lipinski definition) is 1. The number of Topliss-reactive ketones (excluding diaryl/α,β-unsaturated/α-hetero) is 1. The van der Waals surface area contributed by atoms with E-state index in [0.717, 1.165) is 25.9 Å². The number of H-pyrrole nitrogens is 1. The number of thioether (sulfide) groups is 1. The summed E-state index contributed by atoms with van der Waals surface area (Å²) in [5.74, 6) is 0.127. The number of hydrogen-bond acceptors (Lipinski definition) is 4. The summed E-state index contributed by atoms with van der Waals surface area (Å²) in [4.78, 5) is 33.4. The first kappa shape index (κ1) is 16.1. The Hall–Kier alpha value is -1.79. The SMILES string of the molecule is O=C(CSc1ncccc1Cl)c1c[nH]c(C(=O)N2CCCC2)c1. The maximum Gasteiger partial charge on any atom is 0.270 e. The molecule has 0 saturated carbocycles. The normalized spacial score (nSPS) is 14.2. The van der Waals surface area contributed by atoms with Gasteiger partial charge in [0.1, 0.15) is 10.7 Å². The standard InChI is InChI=1S/C16H16ClN3O2S/c17-12-4-3-5-18-15(12)23-10-14(21)11-8-13(19-9-11)16(22)20-6-1-2-7-20/h3-5,8-9,19H,1-2,6-7,10H2. The van der Waals surface area contributed by atoms with Gasteiger partial charge in [-0.1, -0.05) is 23.4 Å². The summed E-state index contributed by atoms with van der Waals surface area (Å²) in [5.41, 5.74) is 0.975. The van der Waals surface area contributed by atoms with Crippen molar-refractivity contribution in [1.82, 2.24) is 14.9 Å². The topological polar surface area (TPSA) is 66.1 Å². The van der Waals surface area contributed by atoms with Crippen LogP contribution in [-0.2, 0) is 0 Å². The van der Waals surface area contributed by atoms with Crippen LogP contribution < -0.4 is 0 Å². The van der Waals surface area contributed by atoms with Gasteiger partial charge in [-0.2, -0.15) is 0 Å².